The van der Waals surface area contributed by atoms with Crippen molar-refractivity contribution in [3.05, 3.63) is 0 Å². The highest BCUT2D eigenvalue weighted by molar-refractivity contribution is 6.05. The Morgan fingerprint density at radius 2 is 1.93 bits per heavy atom. The first-order valence-corrected chi connectivity index (χ1v) is 4.63. The molecule has 0 heterocycles. The maximum absolute atomic E-state index is 11.7. The van der Waals surface area contributed by atoms with Gasteiger partial charge in [-0.3, -0.25) is 14.4 Å². The Bertz CT molecular complexity index is 309. The Morgan fingerprint density at radius 3 is 2.27 bits per heavy atom. The molecule has 1 saturated carbocycles. The van der Waals surface area contributed by atoms with Crippen molar-refractivity contribution in [2.45, 2.75) is 12.8 Å². The van der Waals surface area contributed by atoms with Gasteiger partial charge in [-0.2, -0.15) is 0 Å². The first-order valence-electron chi connectivity index (χ1n) is 4.63. The Hall–Kier alpha value is -1.59. The first-order chi connectivity index (χ1) is 6.94. The summed E-state index contributed by atoms with van der Waals surface area (Å²) in [4.78, 5) is 34.7. The van der Waals surface area contributed by atoms with Gasteiger partial charge in [-0.05, 0) is 12.8 Å². The topological polar surface area (TPSA) is 86.7 Å². The number of aliphatic carboxylic acids is 1. The second-order valence-corrected chi connectivity index (χ2v) is 3.72. The van der Waals surface area contributed by atoms with E-state index >= 15 is 0 Å². The molecule has 15 heavy (non-hydrogen) atoms. The molecule has 2 N–H and O–H groups in total. The molecule has 1 aliphatic rings. The summed E-state index contributed by atoms with van der Waals surface area (Å²) in [6.07, 6.45) is 0.721. The van der Waals surface area contributed by atoms with Gasteiger partial charge in [0.15, 0.2) is 0 Å². The molecule has 0 saturated heterocycles. The van der Waals surface area contributed by atoms with E-state index in [1.807, 2.05) is 0 Å². The van der Waals surface area contributed by atoms with Crippen LogP contribution in [0.1, 0.15) is 12.8 Å². The SMILES string of the molecule is CNC(=O)CN(C)C(=O)C1(C(=O)O)CC1. The first kappa shape index (κ1) is 11.5. The van der Waals surface area contributed by atoms with E-state index in [9.17, 15) is 14.4 Å². The molecule has 0 bridgehead atoms. The minimum atomic E-state index is -1.26. The summed E-state index contributed by atoms with van der Waals surface area (Å²) in [7, 11) is 2.89. The number of hydrogen-bond donors (Lipinski definition) is 2. The average molecular weight is 214 g/mol. The van der Waals surface area contributed by atoms with E-state index in [0.29, 0.717) is 12.8 Å². The molecule has 0 aromatic carbocycles. The van der Waals surface area contributed by atoms with E-state index in [1.54, 1.807) is 0 Å². The fourth-order valence-corrected chi connectivity index (χ4v) is 1.38. The van der Waals surface area contributed by atoms with Crippen LogP contribution in [0.5, 0.6) is 0 Å². The van der Waals surface area contributed by atoms with Gasteiger partial charge in [-0.15, -0.1) is 0 Å². The van der Waals surface area contributed by atoms with Crippen LogP contribution in [0.15, 0.2) is 0 Å². The fraction of sp³-hybridized carbons (Fsp3) is 0.667. The van der Waals surface area contributed by atoms with Crippen LogP contribution in [-0.4, -0.2) is 48.4 Å². The molecular weight excluding hydrogens is 200 g/mol. The van der Waals surface area contributed by atoms with Gasteiger partial charge in [0, 0.05) is 14.1 Å². The van der Waals surface area contributed by atoms with Crippen molar-refractivity contribution in [2.75, 3.05) is 20.6 Å². The summed E-state index contributed by atoms with van der Waals surface area (Å²) < 4.78 is 0. The van der Waals surface area contributed by atoms with Gasteiger partial charge in [0.1, 0.15) is 5.41 Å². The number of nitrogens with one attached hydrogen (secondary N) is 1. The van der Waals surface area contributed by atoms with E-state index in [-0.39, 0.29) is 12.5 Å². The largest absolute Gasteiger partial charge is 0.480 e. The Balaban J connectivity index is 2.61. The number of rotatable bonds is 4. The van der Waals surface area contributed by atoms with Crippen LogP contribution in [0.2, 0.25) is 0 Å². The van der Waals surface area contributed by atoms with Gasteiger partial charge < -0.3 is 15.3 Å². The van der Waals surface area contributed by atoms with Gasteiger partial charge in [-0.1, -0.05) is 0 Å². The number of likely N-dealkylation sites (N-methyl/N-ethyl adjacent to an activating group) is 2. The smallest absolute Gasteiger partial charge is 0.319 e. The Labute approximate surface area is 87.2 Å². The molecule has 0 radical (unpaired) electrons. The normalized spacial score (nSPS) is 16.7. The minimum absolute atomic E-state index is 0.107. The molecule has 0 aromatic heterocycles. The summed E-state index contributed by atoms with van der Waals surface area (Å²) in [5.41, 5.74) is -1.26. The molecule has 0 aliphatic heterocycles. The number of hydrogen-bond acceptors (Lipinski definition) is 3. The standard InChI is InChI=1S/C9H14N2O4/c1-10-6(12)5-11(2)7(13)9(3-4-9)8(14)15/h3-5H2,1-2H3,(H,10,12)(H,14,15). The fourth-order valence-electron chi connectivity index (χ4n) is 1.38. The summed E-state index contributed by atoms with van der Waals surface area (Å²) in [5.74, 6) is -1.90. The lowest BCUT2D eigenvalue weighted by Crippen LogP contribution is -2.43. The van der Waals surface area contributed by atoms with E-state index in [0.717, 1.165) is 4.90 Å². The van der Waals surface area contributed by atoms with Crippen LogP contribution in [0, 0.1) is 5.41 Å². The maximum atomic E-state index is 11.7. The minimum Gasteiger partial charge on any atom is -0.480 e. The predicted octanol–water partition coefficient (Wildman–Crippen LogP) is -0.944. The second kappa shape index (κ2) is 3.88. The van der Waals surface area contributed by atoms with Gasteiger partial charge in [0.2, 0.25) is 11.8 Å². The molecule has 2 amide bonds. The van der Waals surface area contributed by atoms with E-state index in [2.05, 4.69) is 5.32 Å². The number of nitrogens with zero attached hydrogens (tertiary/aromatic N) is 1. The molecule has 84 valence electrons. The van der Waals surface area contributed by atoms with Gasteiger partial charge >= 0.3 is 5.97 Å². The van der Waals surface area contributed by atoms with Gasteiger partial charge in [0.25, 0.3) is 0 Å². The van der Waals surface area contributed by atoms with Crippen LogP contribution >= 0.6 is 0 Å². The van der Waals surface area contributed by atoms with Gasteiger partial charge in [0.05, 0.1) is 6.54 Å². The van der Waals surface area contributed by atoms with Crippen molar-refractivity contribution < 1.29 is 19.5 Å². The lowest BCUT2D eigenvalue weighted by Gasteiger charge is -2.19. The second-order valence-electron chi connectivity index (χ2n) is 3.72. The Kier molecular flexibility index (Phi) is 2.97. The predicted molar refractivity (Wildman–Crippen MR) is 51.0 cm³/mol. The third-order valence-electron chi connectivity index (χ3n) is 2.58. The highest BCUT2D eigenvalue weighted by atomic mass is 16.4. The number of carboxylic acids is 1. The molecular formula is C9H14N2O4. The molecule has 1 aliphatic carbocycles. The highest BCUT2D eigenvalue weighted by Crippen LogP contribution is 2.47. The monoisotopic (exact) mass is 214 g/mol. The van der Waals surface area contributed by atoms with Crippen LogP contribution in [0.25, 0.3) is 0 Å². The quantitative estimate of drug-likeness (QED) is 0.591. The summed E-state index contributed by atoms with van der Waals surface area (Å²) in [6.45, 7) is -0.107. The van der Waals surface area contributed by atoms with E-state index in [1.165, 1.54) is 14.1 Å². The van der Waals surface area contributed by atoms with Crippen LogP contribution in [0.4, 0.5) is 0 Å². The molecule has 6 heteroatoms. The molecule has 0 unspecified atom stereocenters. The number of carbonyl (C=O) groups excluding carboxylic acids is 2. The van der Waals surface area contributed by atoms with Crippen molar-refractivity contribution in [3.63, 3.8) is 0 Å². The highest BCUT2D eigenvalue weighted by Gasteiger charge is 2.58. The summed E-state index contributed by atoms with van der Waals surface area (Å²) >= 11 is 0. The number of carboxylic acid groups (broad SMARTS) is 1. The summed E-state index contributed by atoms with van der Waals surface area (Å²) in [5, 5.41) is 11.2. The number of amides is 2. The zero-order valence-electron chi connectivity index (χ0n) is 8.74. The third-order valence-corrected chi connectivity index (χ3v) is 2.58. The van der Waals surface area contributed by atoms with E-state index in [4.69, 9.17) is 5.11 Å². The van der Waals surface area contributed by atoms with Crippen molar-refractivity contribution in [1.82, 2.24) is 10.2 Å². The molecule has 0 spiro atoms. The van der Waals surface area contributed by atoms with Crippen molar-refractivity contribution in [3.8, 4) is 0 Å². The average Bonchev–Trinajstić information content (AvgIpc) is 2.97. The third kappa shape index (κ3) is 2.08. The van der Waals surface area contributed by atoms with E-state index < -0.39 is 17.3 Å². The molecule has 1 fully saturated rings. The Morgan fingerprint density at radius 1 is 1.40 bits per heavy atom. The molecule has 0 atom stereocenters. The summed E-state index contributed by atoms with van der Waals surface area (Å²) in [6, 6.07) is 0. The molecule has 1 rings (SSSR count). The van der Waals surface area contributed by atoms with Crippen molar-refractivity contribution >= 4 is 17.8 Å². The number of carbonyl (C=O) groups is 3. The van der Waals surface area contributed by atoms with Crippen molar-refractivity contribution in [2.24, 2.45) is 5.41 Å². The molecule has 0 aromatic rings. The van der Waals surface area contributed by atoms with Crippen LogP contribution < -0.4 is 5.32 Å². The van der Waals surface area contributed by atoms with Crippen molar-refractivity contribution in [1.29, 1.82) is 0 Å². The van der Waals surface area contributed by atoms with Crippen LogP contribution in [0.3, 0.4) is 0 Å². The zero-order chi connectivity index (χ0) is 11.6. The maximum Gasteiger partial charge on any atom is 0.319 e. The molecule has 6 nitrogen and oxygen atoms in total. The lowest BCUT2D eigenvalue weighted by atomic mass is 10.1. The van der Waals surface area contributed by atoms with Crippen LogP contribution in [-0.2, 0) is 14.4 Å². The lowest BCUT2D eigenvalue weighted by molar-refractivity contribution is -0.153. The zero-order valence-corrected chi connectivity index (χ0v) is 8.74. The van der Waals surface area contributed by atoms with Gasteiger partial charge in [-0.25, -0.2) is 0 Å².